The summed E-state index contributed by atoms with van der Waals surface area (Å²) in [5, 5.41) is 4.61. The fraction of sp³-hybridized carbons (Fsp3) is 0.533. The van der Waals surface area contributed by atoms with Crippen molar-refractivity contribution >= 4 is 29.1 Å². The molecule has 0 aromatic heterocycles. The van der Waals surface area contributed by atoms with Gasteiger partial charge in [-0.15, -0.1) is 0 Å². The number of halogens is 2. The Morgan fingerprint density at radius 3 is 2.80 bits per heavy atom. The zero-order chi connectivity index (χ0) is 14.7. The van der Waals surface area contributed by atoms with Gasteiger partial charge < -0.3 is 10.2 Å². The Morgan fingerprint density at radius 1 is 1.40 bits per heavy atom. The van der Waals surface area contributed by atoms with Crippen LogP contribution < -0.4 is 5.32 Å². The lowest BCUT2D eigenvalue weighted by molar-refractivity contribution is -0.129. The summed E-state index contributed by atoms with van der Waals surface area (Å²) in [5.41, 5.74) is 1.03. The summed E-state index contributed by atoms with van der Waals surface area (Å²) in [6.45, 7) is 5.64. The lowest BCUT2D eigenvalue weighted by Gasteiger charge is -2.18. The third-order valence-corrected chi connectivity index (χ3v) is 4.09. The van der Waals surface area contributed by atoms with Crippen LogP contribution in [-0.4, -0.2) is 36.0 Å². The molecule has 20 heavy (non-hydrogen) atoms. The highest BCUT2D eigenvalue weighted by atomic mass is 35.5. The van der Waals surface area contributed by atoms with E-state index < -0.39 is 0 Å². The van der Waals surface area contributed by atoms with Gasteiger partial charge >= 0.3 is 0 Å². The molecule has 0 spiro atoms. The minimum Gasteiger partial charge on any atom is -0.341 e. The Bertz CT molecular complexity index is 491. The molecule has 5 heteroatoms. The van der Waals surface area contributed by atoms with Crippen LogP contribution in [0, 0.1) is 0 Å². The van der Waals surface area contributed by atoms with E-state index in [1.54, 1.807) is 6.07 Å². The van der Waals surface area contributed by atoms with Crippen LogP contribution in [-0.2, 0) is 11.2 Å². The minimum atomic E-state index is -0.0318. The Kier molecular flexibility index (Phi) is 5.30. The lowest BCUT2D eigenvalue weighted by atomic mass is 10.1. The van der Waals surface area contributed by atoms with Crippen LogP contribution in [0.4, 0.5) is 0 Å². The van der Waals surface area contributed by atoms with Crippen molar-refractivity contribution in [1.82, 2.24) is 10.2 Å². The second-order valence-electron chi connectivity index (χ2n) is 5.47. The molecule has 1 aliphatic rings. The number of amides is 1. The third kappa shape index (κ3) is 3.87. The summed E-state index contributed by atoms with van der Waals surface area (Å²) < 4.78 is 0. The maximum Gasteiger partial charge on any atom is 0.239 e. The maximum absolute atomic E-state index is 12.2. The Balaban J connectivity index is 1.90. The molecular weight excluding hydrogens is 295 g/mol. The first-order chi connectivity index (χ1) is 9.47. The first-order valence-electron chi connectivity index (χ1n) is 6.96. The number of rotatable bonds is 5. The summed E-state index contributed by atoms with van der Waals surface area (Å²) in [6, 6.07) is 5.80. The topological polar surface area (TPSA) is 32.3 Å². The van der Waals surface area contributed by atoms with E-state index in [1.807, 2.05) is 17.0 Å². The van der Waals surface area contributed by atoms with Crippen LogP contribution in [0.2, 0.25) is 10.0 Å². The van der Waals surface area contributed by atoms with E-state index in [9.17, 15) is 4.79 Å². The Labute approximate surface area is 130 Å². The predicted octanol–water partition coefficient (Wildman–Crippen LogP) is 3.13. The number of nitrogens with zero attached hydrogens (tertiary/aromatic N) is 1. The molecule has 1 saturated heterocycles. The van der Waals surface area contributed by atoms with E-state index in [0.717, 1.165) is 24.9 Å². The van der Waals surface area contributed by atoms with Gasteiger partial charge in [0.2, 0.25) is 5.91 Å². The molecule has 0 aliphatic carbocycles. The average molecular weight is 315 g/mol. The first-order valence-corrected chi connectivity index (χ1v) is 7.71. The summed E-state index contributed by atoms with van der Waals surface area (Å²) in [4.78, 5) is 14.1. The number of hydrogen-bond donors (Lipinski definition) is 1. The first kappa shape index (κ1) is 15.6. The van der Waals surface area contributed by atoms with Crippen molar-refractivity contribution in [2.24, 2.45) is 0 Å². The Hall–Kier alpha value is -0.770. The highest BCUT2D eigenvalue weighted by molar-refractivity contribution is 6.35. The van der Waals surface area contributed by atoms with Gasteiger partial charge in [-0.2, -0.15) is 0 Å². The van der Waals surface area contributed by atoms with Gasteiger partial charge in [-0.25, -0.2) is 0 Å². The van der Waals surface area contributed by atoms with Crippen LogP contribution in [0.5, 0.6) is 0 Å². The molecule has 110 valence electrons. The SMILES string of the molecule is CC(C)NC1CCN(CCc2ccc(Cl)cc2Cl)C1=O. The standard InChI is InChI=1S/C15H20Cl2N2O/c1-10(2)18-14-6-8-19(15(14)20)7-5-11-3-4-12(16)9-13(11)17/h3-4,9-10,14,18H,5-8H2,1-2H3. The average Bonchev–Trinajstić information content (AvgIpc) is 2.69. The third-order valence-electron chi connectivity index (χ3n) is 3.50. The molecule has 3 nitrogen and oxygen atoms in total. The molecule has 0 saturated carbocycles. The van der Waals surface area contributed by atoms with Gasteiger partial charge in [0.25, 0.3) is 0 Å². The van der Waals surface area contributed by atoms with E-state index in [-0.39, 0.29) is 11.9 Å². The molecule has 1 atom stereocenters. The molecule has 1 unspecified atom stereocenters. The van der Waals surface area contributed by atoms with E-state index in [4.69, 9.17) is 23.2 Å². The fourth-order valence-corrected chi connectivity index (χ4v) is 3.00. The van der Waals surface area contributed by atoms with Crippen LogP contribution in [0.15, 0.2) is 18.2 Å². The van der Waals surface area contributed by atoms with Crippen LogP contribution in [0.25, 0.3) is 0 Å². The number of hydrogen-bond acceptors (Lipinski definition) is 2. The summed E-state index contributed by atoms with van der Waals surface area (Å²) >= 11 is 12.0. The monoisotopic (exact) mass is 314 g/mol. The number of carbonyl (C=O) groups is 1. The molecule has 1 fully saturated rings. The van der Waals surface area contributed by atoms with Gasteiger partial charge in [0, 0.05) is 29.2 Å². The van der Waals surface area contributed by atoms with Crippen molar-refractivity contribution in [3.8, 4) is 0 Å². The van der Waals surface area contributed by atoms with E-state index in [2.05, 4.69) is 19.2 Å². The van der Waals surface area contributed by atoms with Gasteiger partial charge in [0.05, 0.1) is 6.04 Å². The number of benzene rings is 1. The number of nitrogens with one attached hydrogen (secondary N) is 1. The van der Waals surface area contributed by atoms with Crippen LogP contribution in [0.1, 0.15) is 25.8 Å². The van der Waals surface area contributed by atoms with Gasteiger partial charge in [0.1, 0.15) is 0 Å². The van der Waals surface area contributed by atoms with Crippen molar-refractivity contribution in [3.05, 3.63) is 33.8 Å². The van der Waals surface area contributed by atoms with Crippen molar-refractivity contribution in [1.29, 1.82) is 0 Å². The quantitative estimate of drug-likeness (QED) is 0.905. The number of likely N-dealkylation sites (tertiary alicyclic amines) is 1. The molecule has 1 N–H and O–H groups in total. The molecule has 1 heterocycles. The summed E-state index contributed by atoms with van der Waals surface area (Å²) in [6.07, 6.45) is 1.64. The van der Waals surface area contributed by atoms with Gasteiger partial charge in [-0.3, -0.25) is 4.79 Å². The van der Waals surface area contributed by atoms with E-state index in [1.165, 1.54) is 0 Å². The zero-order valence-electron chi connectivity index (χ0n) is 11.8. The molecule has 1 aromatic rings. The second kappa shape index (κ2) is 6.79. The predicted molar refractivity (Wildman–Crippen MR) is 83.4 cm³/mol. The van der Waals surface area contributed by atoms with Crippen molar-refractivity contribution in [2.75, 3.05) is 13.1 Å². The highest BCUT2D eigenvalue weighted by Gasteiger charge is 2.31. The normalized spacial score (nSPS) is 19.1. The number of carbonyl (C=O) groups excluding carboxylic acids is 1. The highest BCUT2D eigenvalue weighted by Crippen LogP contribution is 2.22. The fourth-order valence-electron chi connectivity index (χ4n) is 2.50. The van der Waals surface area contributed by atoms with Crippen LogP contribution >= 0.6 is 23.2 Å². The van der Waals surface area contributed by atoms with Crippen molar-refractivity contribution in [2.45, 2.75) is 38.8 Å². The molecule has 2 rings (SSSR count). The van der Waals surface area contributed by atoms with E-state index >= 15 is 0 Å². The molecule has 0 radical (unpaired) electrons. The van der Waals surface area contributed by atoms with Crippen molar-refractivity contribution < 1.29 is 4.79 Å². The van der Waals surface area contributed by atoms with E-state index in [0.29, 0.717) is 22.6 Å². The maximum atomic E-state index is 12.2. The molecular formula is C15H20Cl2N2O. The zero-order valence-corrected chi connectivity index (χ0v) is 13.3. The lowest BCUT2D eigenvalue weighted by Crippen LogP contribution is -2.41. The molecule has 1 amide bonds. The second-order valence-corrected chi connectivity index (χ2v) is 6.32. The van der Waals surface area contributed by atoms with Crippen LogP contribution in [0.3, 0.4) is 0 Å². The summed E-state index contributed by atoms with van der Waals surface area (Å²) in [7, 11) is 0. The minimum absolute atomic E-state index is 0.0318. The van der Waals surface area contributed by atoms with Gasteiger partial charge in [-0.05, 0) is 30.5 Å². The Morgan fingerprint density at radius 2 is 2.15 bits per heavy atom. The van der Waals surface area contributed by atoms with Gasteiger partial charge in [-0.1, -0.05) is 43.1 Å². The summed E-state index contributed by atoms with van der Waals surface area (Å²) in [5.74, 6) is 0.198. The molecule has 1 aromatic carbocycles. The molecule has 1 aliphatic heterocycles. The molecule has 0 bridgehead atoms. The van der Waals surface area contributed by atoms with Crippen molar-refractivity contribution in [3.63, 3.8) is 0 Å². The smallest absolute Gasteiger partial charge is 0.239 e. The largest absolute Gasteiger partial charge is 0.341 e. The van der Waals surface area contributed by atoms with Gasteiger partial charge in [0.15, 0.2) is 0 Å².